The van der Waals surface area contributed by atoms with Gasteiger partial charge in [0.1, 0.15) is 6.61 Å². The minimum Gasteiger partial charge on any atom is -0.493 e. The lowest BCUT2D eigenvalue weighted by molar-refractivity contribution is 0.0587. The lowest BCUT2D eigenvalue weighted by Crippen LogP contribution is -2.42. The minimum atomic E-state index is -0.299. The van der Waals surface area contributed by atoms with Gasteiger partial charge in [0.15, 0.2) is 23.0 Å². The van der Waals surface area contributed by atoms with Crippen molar-refractivity contribution >= 4 is 5.91 Å². The van der Waals surface area contributed by atoms with Gasteiger partial charge in [-0.05, 0) is 60.9 Å². The third-order valence-corrected chi connectivity index (χ3v) is 6.03. The standard InChI is InChI=1S/C27H29NO5/c1-18-9-11-19(12-10-18)27(29)28-14-13-20-15-25(31-3)26(32-4)16-21(20)22(28)17-33-24-8-6-5-7-23(24)30-2/h5-12,15-16,22H,13-14,17H2,1-4H3/t22-/m1/s1. The van der Waals surface area contributed by atoms with Crippen LogP contribution in [0.5, 0.6) is 23.0 Å². The van der Waals surface area contributed by atoms with Crippen LogP contribution in [0.25, 0.3) is 0 Å². The van der Waals surface area contributed by atoms with Crippen LogP contribution in [0.1, 0.15) is 33.1 Å². The average Bonchev–Trinajstić information content (AvgIpc) is 2.86. The highest BCUT2D eigenvalue weighted by molar-refractivity contribution is 5.94. The predicted molar refractivity (Wildman–Crippen MR) is 127 cm³/mol. The number of carbonyl (C=O) groups is 1. The minimum absolute atomic E-state index is 0.0240. The number of rotatable bonds is 7. The molecule has 33 heavy (non-hydrogen) atoms. The van der Waals surface area contributed by atoms with E-state index < -0.39 is 0 Å². The third-order valence-electron chi connectivity index (χ3n) is 6.03. The molecule has 3 aromatic carbocycles. The number of carbonyl (C=O) groups excluding carboxylic acids is 1. The van der Waals surface area contributed by atoms with E-state index in [0.717, 1.165) is 23.1 Å². The Kier molecular flexibility index (Phi) is 6.73. The molecule has 172 valence electrons. The Hall–Kier alpha value is -3.67. The Morgan fingerprint density at radius 1 is 0.879 bits per heavy atom. The highest BCUT2D eigenvalue weighted by Gasteiger charge is 2.33. The molecule has 0 N–H and O–H groups in total. The summed E-state index contributed by atoms with van der Waals surface area (Å²) in [6, 6.07) is 18.8. The first kappa shape index (κ1) is 22.5. The number of ether oxygens (including phenoxy) is 4. The van der Waals surface area contributed by atoms with Gasteiger partial charge in [-0.1, -0.05) is 29.8 Å². The molecule has 0 aromatic heterocycles. The van der Waals surface area contributed by atoms with Crippen molar-refractivity contribution in [3.63, 3.8) is 0 Å². The molecule has 1 aliphatic heterocycles. The number of amides is 1. The van der Waals surface area contributed by atoms with Crippen molar-refractivity contribution in [1.29, 1.82) is 0 Å². The fourth-order valence-electron chi connectivity index (χ4n) is 4.22. The summed E-state index contributed by atoms with van der Waals surface area (Å²) in [5.41, 5.74) is 3.89. The highest BCUT2D eigenvalue weighted by atomic mass is 16.5. The molecule has 1 aliphatic rings. The second-order valence-corrected chi connectivity index (χ2v) is 8.00. The van der Waals surface area contributed by atoms with Crippen LogP contribution >= 0.6 is 0 Å². The number of benzene rings is 3. The molecule has 0 bridgehead atoms. The summed E-state index contributed by atoms with van der Waals surface area (Å²) >= 11 is 0. The van der Waals surface area contributed by atoms with Crippen LogP contribution in [0.3, 0.4) is 0 Å². The summed E-state index contributed by atoms with van der Waals surface area (Å²) < 4.78 is 22.7. The Morgan fingerprint density at radius 2 is 1.52 bits per heavy atom. The molecule has 0 radical (unpaired) electrons. The molecular weight excluding hydrogens is 418 g/mol. The van der Waals surface area contributed by atoms with E-state index in [2.05, 4.69) is 0 Å². The topological polar surface area (TPSA) is 57.2 Å². The zero-order valence-corrected chi connectivity index (χ0v) is 19.5. The van der Waals surface area contributed by atoms with Gasteiger partial charge in [-0.15, -0.1) is 0 Å². The first-order chi connectivity index (χ1) is 16.0. The smallest absolute Gasteiger partial charge is 0.254 e. The Balaban J connectivity index is 1.71. The number of para-hydroxylation sites is 2. The molecule has 0 spiro atoms. The van der Waals surface area contributed by atoms with Crippen molar-refractivity contribution in [3.05, 3.63) is 82.9 Å². The van der Waals surface area contributed by atoms with Gasteiger partial charge in [-0.3, -0.25) is 4.79 Å². The molecule has 1 amide bonds. The van der Waals surface area contributed by atoms with E-state index in [1.165, 1.54) is 0 Å². The van der Waals surface area contributed by atoms with Crippen LogP contribution in [0.15, 0.2) is 60.7 Å². The Labute approximate surface area is 194 Å². The van der Waals surface area contributed by atoms with E-state index in [1.807, 2.05) is 72.5 Å². The summed E-state index contributed by atoms with van der Waals surface area (Å²) in [6.45, 7) is 2.87. The molecule has 6 nitrogen and oxygen atoms in total. The van der Waals surface area contributed by atoms with Crippen LogP contribution in [0.2, 0.25) is 0 Å². The molecule has 3 aromatic rings. The average molecular weight is 448 g/mol. The largest absolute Gasteiger partial charge is 0.493 e. The second-order valence-electron chi connectivity index (χ2n) is 8.00. The van der Waals surface area contributed by atoms with Crippen LogP contribution in [0, 0.1) is 6.92 Å². The van der Waals surface area contributed by atoms with Gasteiger partial charge in [0, 0.05) is 12.1 Å². The quantitative estimate of drug-likeness (QED) is 0.519. The van der Waals surface area contributed by atoms with Crippen molar-refractivity contribution < 1.29 is 23.7 Å². The third kappa shape index (κ3) is 4.60. The van der Waals surface area contributed by atoms with Gasteiger partial charge in [0.25, 0.3) is 5.91 Å². The van der Waals surface area contributed by atoms with Crippen molar-refractivity contribution in [2.24, 2.45) is 0 Å². The maximum Gasteiger partial charge on any atom is 0.254 e. The SMILES string of the molecule is COc1cc2c(cc1OC)[C@@H](COc1ccccc1OC)N(C(=O)c1ccc(C)cc1)CC2. The zero-order valence-electron chi connectivity index (χ0n) is 19.5. The lowest BCUT2D eigenvalue weighted by atomic mass is 9.91. The van der Waals surface area contributed by atoms with Crippen LogP contribution < -0.4 is 18.9 Å². The number of hydrogen-bond acceptors (Lipinski definition) is 5. The van der Waals surface area contributed by atoms with E-state index in [4.69, 9.17) is 18.9 Å². The lowest BCUT2D eigenvalue weighted by Gasteiger charge is -2.37. The van der Waals surface area contributed by atoms with Gasteiger partial charge >= 0.3 is 0 Å². The van der Waals surface area contributed by atoms with Gasteiger partial charge in [-0.25, -0.2) is 0 Å². The molecule has 0 aliphatic carbocycles. The number of fused-ring (bicyclic) bond motifs is 1. The number of hydrogen-bond donors (Lipinski definition) is 0. The molecule has 0 saturated heterocycles. The first-order valence-electron chi connectivity index (χ1n) is 10.9. The highest BCUT2D eigenvalue weighted by Crippen LogP contribution is 2.39. The Bertz CT molecular complexity index is 1130. The number of aryl methyl sites for hydroxylation is 1. The molecule has 0 unspecified atom stereocenters. The zero-order chi connectivity index (χ0) is 23.4. The van der Waals surface area contributed by atoms with Crippen LogP contribution in [0.4, 0.5) is 0 Å². The van der Waals surface area contributed by atoms with E-state index in [9.17, 15) is 4.79 Å². The normalized spacial score (nSPS) is 14.9. The van der Waals surface area contributed by atoms with Crippen molar-refractivity contribution in [1.82, 2.24) is 4.90 Å². The summed E-state index contributed by atoms with van der Waals surface area (Å²) in [4.78, 5) is 15.4. The van der Waals surface area contributed by atoms with E-state index in [-0.39, 0.29) is 18.6 Å². The van der Waals surface area contributed by atoms with Gasteiger partial charge < -0.3 is 23.8 Å². The van der Waals surface area contributed by atoms with E-state index >= 15 is 0 Å². The molecule has 1 atom stereocenters. The summed E-state index contributed by atoms with van der Waals surface area (Å²) in [6.07, 6.45) is 0.721. The van der Waals surface area contributed by atoms with Crippen molar-refractivity contribution in [3.8, 4) is 23.0 Å². The van der Waals surface area contributed by atoms with Crippen LogP contribution in [-0.4, -0.2) is 45.3 Å². The molecule has 6 heteroatoms. The summed E-state index contributed by atoms with van der Waals surface area (Å²) in [7, 11) is 4.85. The molecular formula is C27H29NO5. The number of nitrogens with zero attached hydrogens (tertiary/aromatic N) is 1. The van der Waals surface area contributed by atoms with Crippen LogP contribution in [-0.2, 0) is 6.42 Å². The van der Waals surface area contributed by atoms with Gasteiger partial charge in [-0.2, -0.15) is 0 Å². The predicted octanol–water partition coefficient (Wildman–Crippen LogP) is 4.84. The fraction of sp³-hybridized carbons (Fsp3) is 0.296. The Morgan fingerprint density at radius 3 is 2.18 bits per heavy atom. The summed E-state index contributed by atoms with van der Waals surface area (Å²) in [5.74, 6) is 2.57. The fourth-order valence-corrected chi connectivity index (χ4v) is 4.22. The van der Waals surface area contributed by atoms with E-state index in [0.29, 0.717) is 35.1 Å². The first-order valence-corrected chi connectivity index (χ1v) is 10.9. The van der Waals surface area contributed by atoms with E-state index in [1.54, 1.807) is 21.3 Å². The van der Waals surface area contributed by atoms with Gasteiger partial charge in [0.2, 0.25) is 0 Å². The molecule has 0 saturated carbocycles. The second kappa shape index (κ2) is 9.86. The van der Waals surface area contributed by atoms with Gasteiger partial charge in [0.05, 0.1) is 27.4 Å². The number of methoxy groups -OCH3 is 3. The monoisotopic (exact) mass is 447 g/mol. The molecule has 0 fully saturated rings. The maximum atomic E-state index is 13.5. The van der Waals surface area contributed by atoms with Crippen molar-refractivity contribution in [2.45, 2.75) is 19.4 Å². The summed E-state index contributed by atoms with van der Waals surface area (Å²) in [5, 5.41) is 0. The van der Waals surface area contributed by atoms with Crippen molar-refractivity contribution in [2.75, 3.05) is 34.5 Å². The molecule has 4 rings (SSSR count). The molecule has 1 heterocycles. The maximum absolute atomic E-state index is 13.5.